The van der Waals surface area contributed by atoms with Crippen molar-refractivity contribution in [1.29, 1.82) is 0 Å². The summed E-state index contributed by atoms with van der Waals surface area (Å²) in [6.45, 7) is 2.95. The number of nitrogens with zero attached hydrogens (tertiary/aromatic N) is 1. The van der Waals surface area contributed by atoms with Gasteiger partial charge in [-0.05, 0) is 24.1 Å². The molecule has 0 aromatic heterocycles. The largest absolute Gasteiger partial charge is 0.484 e. The van der Waals surface area contributed by atoms with E-state index in [-0.39, 0.29) is 12.5 Å². The van der Waals surface area contributed by atoms with Gasteiger partial charge in [-0.3, -0.25) is 9.79 Å². The van der Waals surface area contributed by atoms with Crippen LogP contribution in [0.3, 0.4) is 0 Å². The summed E-state index contributed by atoms with van der Waals surface area (Å²) in [7, 11) is 0. The average Bonchev–Trinajstić information content (AvgIpc) is 2.91. The Morgan fingerprint density at radius 2 is 2.21 bits per heavy atom. The summed E-state index contributed by atoms with van der Waals surface area (Å²) in [4.78, 5) is 15.8. The zero-order valence-electron chi connectivity index (χ0n) is 11.0. The third-order valence-corrected chi connectivity index (χ3v) is 3.56. The number of ether oxygens (including phenoxy) is 1. The van der Waals surface area contributed by atoms with E-state index >= 15 is 0 Å². The van der Waals surface area contributed by atoms with Crippen LogP contribution in [0.2, 0.25) is 0 Å². The van der Waals surface area contributed by atoms with Crippen molar-refractivity contribution in [2.45, 2.75) is 19.8 Å². The van der Waals surface area contributed by atoms with E-state index in [4.69, 9.17) is 4.74 Å². The van der Waals surface area contributed by atoms with Gasteiger partial charge in [-0.15, -0.1) is 0 Å². The number of carbonyl (C=O) groups is 1. The molecule has 0 saturated carbocycles. The van der Waals surface area contributed by atoms with Gasteiger partial charge in [0, 0.05) is 5.75 Å². The molecule has 19 heavy (non-hydrogen) atoms. The van der Waals surface area contributed by atoms with Crippen LogP contribution in [-0.2, 0) is 11.2 Å². The number of carbonyl (C=O) groups excluding carboxylic acids is 1. The number of hydrogen-bond donors (Lipinski definition) is 1. The van der Waals surface area contributed by atoms with Crippen molar-refractivity contribution in [3.8, 4) is 5.75 Å². The van der Waals surface area contributed by atoms with Gasteiger partial charge >= 0.3 is 0 Å². The summed E-state index contributed by atoms with van der Waals surface area (Å²) in [6.07, 6.45) is 2.19. The standard InChI is InChI=1S/C14H18N2O2S/c1-2-3-11-4-6-12(7-5-11)18-10-13(17)16-14-15-8-9-19-14/h4-7H,2-3,8-10H2,1H3,(H,15,16,17). The van der Waals surface area contributed by atoms with Crippen LogP contribution < -0.4 is 10.1 Å². The van der Waals surface area contributed by atoms with Gasteiger partial charge in [0.1, 0.15) is 5.75 Å². The zero-order chi connectivity index (χ0) is 13.5. The van der Waals surface area contributed by atoms with Gasteiger partial charge in [-0.25, -0.2) is 0 Å². The first kappa shape index (κ1) is 13.9. The first-order chi connectivity index (χ1) is 9.28. The number of aliphatic imine (C=N–C) groups is 1. The van der Waals surface area contributed by atoms with E-state index in [2.05, 4.69) is 17.2 Å². The predicted octanol–water partition coefficient (Wildman–Crippen LogP) is 2.24. The number of amides is 1. The van der Waals surface area contributed by atoms with Gasteiger partial charge in [0.25, 0.3) is 5.91 Å². The van der Waals surface area contributed by atoms with Crippen molar-refractivity contribution in [2.75, 3.05) is 18.9 Å². The second kappa shape index (κ2) is 7.19. The summed E-state index contributed by atoms with van der Waals surface area (Å²) < 4.78 is 5.43. The van der Waals surface area contributed by atoms with Crippen LogP contribution in [-0.4, -0.2) is 30.0 Å². The molecule has 0 aliphatic carbocycles. The first-order valence-electron chi connectivity index (χ1n) is 6.47. The van der Waals surface area contributed by atoms with Crippen LogP contribution in [0.4, 0.5) is 0 Å². The molecular formula is C14H18N2O2S. The van der Waals surface area contributed by atoms with E-state index in [0.29, 0.717) is 5.17 Å². The molecule has 1 amide bonds. The maximum atomic E-state index is 11.6. The third kappa shape index (κ3) is 4.59. The molecule has 0 atom stereocenters. The number of nitrogens with one attached hydrogen (secondary N) is 1. The van der Waals surface area contributed by atoms with E-state index < -0.39 is 0 Å². The van der Waals surface area contributed by atoms with Crippen molar-refractivity contribution in [3.05, 3.63) is 29.8 Å². The zero-order valence-corrected chi connectivity index (χ0v) is 11.8. The highest BCUT2D eigenvalue weighted by atomic mass is 32.2. The molecule has 0 saturated heterocycles. The highest BCUT2D eigenvalue weighted by Gasteiger charge is 2.11. The van der Waals surface area contributed by atoms with Gasteiger partial charge in [0.2, 0.25) is 0 Å². The van der Waals surface area contributed by atoms with Crippen LogP contribution in [0.25, 0.3) is 0 Å². The molecule has 4 nitrogen and oxygen atoms in total. The number of benzene rings is 1. The summed E-state index contributed by atoms with van der Waals surface area (Å²) in [6, 6.07) is 7.88. The van der Waals surface area contributed by atoms with E-state index in [1.807, 2.05) is 24.3 Å². The lowest BCUT2D eigenvalue weighted by Crippen LogP contribution is -2.31. The fraction of sp³-hybridized carbons (Fsp3) is 0.429. The molecule has 1 heterocycles. The second-order valence-electron chi connectivity index (χ2n) is 4.27. The van der Waals surface area contributed by atoms with Crippen LogP contribution in [0.5, 0.6) is 5.75 Å². The fourth-order valence-corrected chi connectivity index (χ4v) is 2.50. The van der Waals surface area contributed by atoms with Crippen molar-refractivity contribution in [1.82, 2.24) is 5.32 Å². The lowest BCUT2D eigenvalue weighted by molar-refractivity contribution is -0.121. The molecule has 0 spiro atoms. The molecule has 1 aliphatic rings. The minimum atomic E-state index is -0.161. The van der Waals surface area contributed by atoms with Gasteiger partial charge in [-0.1, -0.05) is 37.2 Å². The molecule has 1 aliphatic heterocycles. The second-order valence-corrected chi connectivity index (χ2v) is 5.35. The monoisotopic (exact) mass is 278 g/mol. The maximum Gasteiger partial charge on any atom is 0.263 e. The summed E-state index contributed by atoms with van der Waals surface area (Å²) in [5.74, 6) is 1.50. The lowest BCUT2D eigenvalue weighted by atomic mass is 10.1. The molecule has 1 N–H and O–H groups in total. The Morgan fingerprint density at radius 1 is 1.42 bits per heavy atom. The highest BCUT2D eigenvalue weighted by Crippen LogP contribution is 2.13. The quantitative estimate of drug-likeness (QED) is 0.898. The van der Waals surface area contributed by atoms with Gasteiger partial charge < -0.3 is 10.1 Å². The Kier molecular flexibility index (Phi) is 5.27. The summed E-state index contributed by atoms with van der Waals surface area (Å²) in [5, 5.41) is 3.43. The van der Waals surface area contributed by atoms with Crippen LogP contribution in [0.1, 0.15) is 18.9 Å². The molecule has 0 bridgehead atoms. The molecule has 0 unspecified atom stereocenters. The van der Waals surface area contributed by atoms with Crippen molar-refractivity contribution in [3.63, 3.8) is 0 Å². The van der Waals surface area contributed by atoms with E-state index in [0.717, 1.165) is 30.9 Å². The van der Waals surface area contributed by atoms with Crippen LogP contribution in [0.15, 0.2) is 29.3 Å². The smallest absolute Gasteiger partial charge is 0.263 e. The Balaban J connectivity index is 1.76. The average molecular weight is 278 g/mol. The van der Waals surface area contributed by atoms with Crippen molar-refractivity contribution >= 4 is 22.8 Å². The number of rotatable bonds is 5. The van der Waals surface area contributed by atoms with E-state index in [1.165, 1.54) is 5.56 Å². The topological polar surface area (TPSA) is 50.7 Å². The number of aryl methyl sites for hydroxylation is 1. The molecule has 5 heteroatoms. The minimum absolute atomic E-state index is 0.0205. The van der Waals surface area contributed by atoms with Crippen molar-refractivity contribution < 1.29 is 9.53 Å². The minimum Gasteiger partial charge on any atom is -0.484 e. The van der Waals surface area contributed by atoms with Crippen LogP contribution >= 0.6 is 11.8 Å². The van der Waals surface area contributed by atoms with Crippen molar-refractivity contribution in [2.24, 2.45) is 4.99 Å². The SMILES string of the molecule is CCCc1ccc(OCC(=O)NC2=NCCS2)cc1. The molecule has 1 aromatic rings. The molecule has 2 rings (SSSR count). The van der Waals surface area contributed by atoms with Gasteiger partial charge in [0.05, 0.1) is 6.54 Å². The van der Waals surface area contributed by atoms with E-state index in [1.54, 1.807) is 11.8 Å². The molecule has 1 aromatic carbocycles. The lowest BCUT2D eigenvalue weighted by Gasteiger charge is -2.07. The highest BCUT2D eigenvalue weighted by molar-refractivity contribution is 8.14. The summed E-state index contributed by atoms with van der Waals surface area (Å²) >= 11 is 1.56. The predicted molar refractivity (Wildman–Crippen MR) is 78.8 cm³/mol. The fourth-order valence-electron chi connectivity index (χ4n) is 1.76. The Hall–Kier alpha value is -1.49. The normalized spacial score (nSPS) is 14.1. The van der Waals surface area contributed by atoms with Gasteiger partial charge in [0.15, 0.2) is 11.8 Å². The van der Waals surface area contributed by atoms with Gasteiger partial charge in [-0.2, -0.15) is 0 Å². The Labute approximate surface area is 117 Å². The Morgan fingerprint density at radius 3 is 2.84 bits per heavy atom. The molecule has 102 valence electrons. The number of hydrogen-bond acceptors (Lipinski definition) is 4. The molecule has 0 fully saturated rings. The number of thioether (sulfide) groups is 1. The maximum absolute atomic E-state index is 11.6. The number of amidine groups is 1. The van der Waals surface area contributed by atoms with Crippen LogP contribution in [0, 0.1) is 0 Å². The molecular weight excluding hydrogens is 260 g/mol. The molecule has 0 radical (unpaired) electrons. The van der Waals surface area contributed by atoms with E-state index in [9.17, 15) is 4.79 Å². The Bertz CT molecular complexity index is 457. The third-order valence-electron chi connectivity index (χ3n) is 2.66. The first-order valence-corrected chi connectivity index (χ1v) is 7.45. The summed E-state index contributed by atoms with van der Waals surface area (Å²) in [5.41, 5.74) is 1.29.